The summed E-state index contributed by atoms with van der Waals surface area (Å²) in [6, 6.07) is 9.99. The van der Waals surface area contributed by atoms with Crippen molar-refractivity contribution in [1.82, 2.24) is 0 Å². The number of alkyl halides is 1. The van der Waals surface area contributed by atoms with E-state index in [0.29, 0.717) is 5.02 Å². The third-order valence-electron chi connectivity index (χ3n) is 3.02. The number of benzene rings is 2. The van der Waals surface area contributed by atoms with Gasteiger partial charge in [0.25, 0.3) is 0 Å². The van der Waals surface area contributed by atoms with Gasteiger partial charge in [-0.05, 0) is 58.2 Å². The van der Waals surface area contributed by atoms with Crippen molar-refractivity contribution in [3.63, 3.8) is 0 Å². The van der Waals surface area contributed by atoms with Crippen LogP contribution in [0.3, 0.4) is 0 Å². The zero-order valence-electron chi connectivity index (χ0n) is 10.9. The third kappa shape index (κ3) is 3.41. The molecule has 2 rings (SSSR count). The number of methoxy groups -OCH3 is 1. The minimum Gasteiger partial charge on any atom is -0.496 e. The maximum absolute atomic E-state index is 6.04. The second-order valence-corrected chi connectivity index (χ2v) is 7.41. The lowest BCUT2D eigenvalue weighted by Crippen LogP contribution is -1.98. The fourth-order valence-electron chi connectivity index (χ4n) is 1.89. The fraction of sp³-hybridized carbons (Fsp3) is 0.200. The van der Waals surface area contributed by atoms with Crippen molar-refractivity contribution in [1.29, 1.82) is 0 Å². The van der Waals surface area contributed by atoms with E-state index >= 15 is 0 Å². The maximum atomic E-state index is 6.04. The summed E-state index contributed by atoms with van der Waals surface area (Å²) in [5, 5.41) is 0.700. The summed E-state index contributed by atoms with van der Waals surface area (Å²) in [6.45, 7) is 2.04. The van der Waals surface area contributed by atoms with Gasteiger partial charge in [0.2, 0.25) is 0 Å². The molecule has 1 nitrogen and oxygen atoms in total. The van der Waals surface area contributed by atoms with Crippen LogP contribution >= 0.6 is 59.4 Å². The molecule has 0 aliphatic heterocycles. The number of aryl methyl sites for hydroxylation is 1. The highest BCUT2D eigenvalue weighted by Crippen LogP contribution is 2.40. The first-order valence-corrected chi connectivity index (χ1v) is 8.75. The highest BCUT2D eigenvalue weighted by Gasteiger charge is 2.17. The van der Waals surface area contributed by atoms with E-state index in [1.807, 2.05) is 31.2 Å². The van der Waals surface area contributed by atoms with Crippen molar-refractivity contribution in [3.05, 3.63) is 61.0 Å². The van der Waals surface area contributed by atoms with Gasteiger partial charge in [-0.1, -0.05) is 49.5 Å². The second kappa shape index (κ2) is 6.82. The Kier molecular flexibility index (Phi) is 5.57. The van der Waals surface area contributed by atoms with Crippen LogP contribution in [0.5, 0.6) is 5.75 Å². The van der Waals surface area contributed by atoms with Crippen molar-refractivity contribution in [2.45, 2.75) is 11.8 Å². The van der Waals surface area contributed by atoms with Gasteiger partial charge in [-0.2, -0.15) is 0 Å². The topological polar surface area (TPSA) is 9.23 Å². The highest BCUT2D eigenvalue weighted by molar-refractivity contribution is 9.11. The molecule has 1 atom stereocenters. The summed E-state index contributed by atoms with van der Waals surface area (Å²) in [5.41, 5.74) is 3.32. The Morgan fingerprint density at radius 1 is 1.10 bits per heavy atom. The zero-order chi connectivity index (χ0) is 14.9. The van der Waals surface area contributed by atoms with Crippen LogP contribution in [-0.4, -0.2) is 7.11 Å². The Bertz CT molecular complexity index is 643. The smallest absolute Gasteiger partial charge is 0.123 e. The molecular formula is C15H12Br3ClO. The molecule has 0 aromatic heterocycles. The number of hydrogen-bond donors (Lipinski definition) is 0. The Morgan fingerprint density at radius 2 is 1.80 bits per heavy atom. The predicted molar refractivity (Wildman–Crippen MR) is 95.4 cm³/mol. The van der Waals surface area contributed by atoms with Crippen LogP contribution in [0.15, 0.2) is 39.3 Å². The van der Waals surface area contributed by atoms with E-state index in [9.17, 15) is 0 Å². The van der Waals surface area contributed by atoms with Crippen LogP contribution in [0.25, 0.3) is 0 Å². The number of halogens is 4. The van der Waals surface area contributed by atoms with E-state index in [2.05, 4.69) is 53.9 Å². The number of ether oxygens (including phenoxy) is 1. The van der Waals surface area contributed by atoms with E-state index in [-0.39, 0.29) is 4.83 Å². The van der Waals surface area contributed by atoms with Gasteiger partial charge in [0.1, 0.15) is 5.75 Å². The minimum atomic E-state index is 0.0305. The lowest BCUT2D eigenvalue weighted by atomic mass is 10.0. The molecule has 0 saturated heterocycles. The van der Waals surface area contributed by atoms with Gasteiger partial charge in [-0.3, -0.25) is 0 Å². The molecule has 0 heterocycles. The monoisotopic (exact) mass is 480 g/mol. The molecule has 106 valence electrons. The fourth-order valence-corrected chi connectivity index (χ4v) is 3.41. The average Bonchev–Trinajstić information content (AvgIpc) is 2.43. The second-order valence-electron chi connectivity index (χ2n) is 4.38. The molecule has 0 aliphatic rings. The molecular weight excluding hydrogens is 471 g/mol. The highest BCUT2D eigenvalue weighted by atomic mass is 79.9. The Labute approximate surface area is 149 Å². The van der Waals surface area contributed by atoms with E-state index in [4.69, 9.17) is 16.3 Å². The SMILES string of the molecule is COc1cc(C)c(Br)cc1C(Br)c1ccc(Cl)c(Br)c1. The van der Waals surface area contributed by atoms with Crippen molar-refractivity contribution >= 4 is 59.4 Å². The molecule has 0 spiro atoms. The molecule has 20 heavy (non-hydrogen) atoms. The van der Waals surface area contributed by atoms with Gasteiger partial charge in [-0.15, -0.1) is 0 Å². The average molecular weight is 483 g/mol. The molecule has 1 unspecified atom stereocenters. The quantitative estimate of drug-likeness (QED) is 0.444. The molecule has 2 aromatic rings. The van der Waals surface area contributed by atoms with Crippen LogP contribution in [0, 0.1) is 6.92 Å². The van der Waals surface area contributed by atoms with Crippen LogP contribution < -0.4 is 4.74 Å². The van der Waals surface area contributed by atoms with Gasteiger partial charge in [0.15, 0.2) is 0 Å². The summed E-state index contributed by atoms with van der Waals surface area (Å²) in [4.78, 5) is 0.0305. The van der Waals surface area contributed by atoms with Crippen molar-refractivity contribution in [2.24, 2.45) is 0 Å². The molecule has 0 fully saturated rings. The van der Waals surface area contributed by atoms with Crippen molar-refractivity contribution in [2.75, 3.05) is 7.11 Å². The summed E-state index contributed by atoms with van der Waals surface area (Å²) in [7, 11) is 1.68. The molecule has 2 aromatic carbocycles. The zero-order valence-corrected chi connectivity index (χ0v) is 16.4. The lowest BCUT2D eigenvalue weighted by Gasteiger charge is -2.17. The molecule has 0 radical (unpaired) electrons. The van der Waals surface area contributed by atoms with E-state index in [1.165, 1.54) is 0 Å². The van der Waals surface area contributed by atoms with Crippen LogP contribution in [0.2, 0.25) is 5.02 Å². The number of rotatable bonds is 3. The van der Waals surface area contributed by atoms with Crippen molar-refractivity contribution in [3.8, 4) is 5.75 Å². The molecule has 0 amide bonds. The Morgan fingerprint density at radius 3 is 2.40 bits per heavy atom. The van der Waals surface area contributed by atoms with Gasteiger partial charge in [-0.25, -0.2) is 0 Å². The minimum absolute atomic E-state index is 0.0305. The predicted octanol–water partition coefficient (Wildman–Crippen LogP) is 6.67. The van der Waals surface area contributed by atoms with E-state index < -0.39 is 0 Å². The van der Waals surface area contributed by atoms with Gasteiger partial charge in [0, 0.05) is 14.5 Å². The molecule has 0 bridgehead atoms. The van der Waals surface area contributed by atoms with Gasteiger partial charge in [0.05, 0.1) is 17.0 Å². The first-order valence-electron chi connectivity index (χ1n) is 5.87. The molecule has 0 saturated carbocycles. The Hall–Kier alpha value is -0.0300. The van der Waals surface area contributed by atoms with E-state index in [0.717, 1.165) is 31.4 Å². The first-order chi connectivity index (χ1) is 9.43. The van der Waals surface area contributed by atoms with Gasteiger partial charge >= 0.3 is 0 Å². The van der Waals surface area contributed by atoms with E-state index in [1.54, 1.807) is 7.11 Å². The molecule has 0 N–H and O–H groups in total. The summed E-state index contributed by atoms with van der Waals surface area (Å²) in [5.74, 6) is 0.860. The summed E-state index contributed by atoms with van der Waals surface area (Å²) < 4.78 is 7.43. The normalized spacial score (nSPS) is 12.3. The van der Waals surface area contributed by atoms with Crippen LogP contribution in [0.4, 0.5) is 0 Å². The molecule has 0 aliphatic carbocycles. The summed E-state index contributed by atoms with van der Waals surface area (Å²) >= 11 is 16.8. The number of hydrogen-bond acceptors (Lipinski definition) is 1. The Balaban J connectivity index is 2.49. The first kappa shape index (κ1) is 16.3. The maximum Gasteiger partial charge on any atom is 0.123 e. The third-order valence-corrected chi connectivity index (χ3v) is 6.11. The van der Waals surface area contributed by atoms with Crippen molar-refractivity contribution < 1.29 is 4.74 Å². The standard InChI is InChI=1S/C15H12Br3ClO/c1-8-5-14(20-2)10(7-11(8)16)15(18)9-3-4-13(19)12(17)6-9/h3-7,15H,1-2H3. The van der Waals surface area contributed by atoms with Crippen LogP contribution in [-0.2, 0) is 0 Å². The molecule has 5 heteroatoms. The lowest BCUT2D eigenvalue weighted by molar-refractivity contribution is 0.410. The summed E-state index contributed by atoms with van der Waals surface area (Å²) in [6.07, 6.45) is 0. The van der Waals surface area contributed by atoms with Crippen LogP contribution in [0.1, 0.15) is 21.5 Å². The largest absolute Gasteiger partial charge is 0.496 e. The van der Waals surface area contributed by atoms with Gasteiger partial charge < -0.3 is 4.74 Å².